The molecule has 4 aliphatic rings. The number of benzene rings is 2. The van der Waals surface area contributed by atoms with Gasteiger partial charge in [-0.15, -0.1) is 0 Å². The molecule has 4 heterocycles. The molecule has 3 nitrogen and oxygen atoms in total. The summed E-state index contributed by atoms with van der Waals surface area (Å²) in [6.07, 6.45) is 2.69. The van der Waals surface area contributed by atoms with Crippen LogP contribution in [0.15, 0.2) is 48.5 Å². The Labute approximate surface area is 156 Å². The van der Waals surface area contributed by atoms with Gasteiger partial charge in [-0.05, 0) is 62.0 Å². The van der Waals surface area contributed by atoms with E-state index in [-0.39, 0.29) is 0 Å². The minimum Gasteiger partial charge on any atom is -0.508 e. The second-order valence-electron chi connectivity index (χ2n) is 8.47. The zero-order valence-electron chi connectivity index (χ0n) is 15.5. The van der Waals surface area contributed by atoms with E-state index in [4.69, 9.17) is 0 Å². The average molecular weight is 348 g/mol. The van der Waals surface area contributed by atoms with E-state index in [1.165, 1.54) is 42.6 Å². The van der Waals surface area contributed by atoms with Gasteiger partial charge in [-0.1, -0.05) is 42.0 Å². The van der Waals surface area contributed by atoms with Gasteiger partial charge >= 0.3 is 0 Å². The van der Waals surface area contributed by atoms with Crippen molar-refractivity contribution in [2.24, 2.45) is 5.92 Å². The first kappa shape index (κ1) is 16.3. The zero-order valence-corrected chi connectivity index (χ0v) is 15.5. The molecule has 0 unspecified atom stereocenters. The largest absolute Gasteiger partial charge is 0.508 e. The van der Waals surface area contributed by atoms with Crippen LogP contribution in [0, 0.1) is 12.8 Å². The first-order valence-electron chi connectivity index (χ1n) is 10.0. The molecular formula is C23H28N2O. The van der Waals surface area contributed by atoms with E-state index in [0.29, 0.717) is 23.8 Å². The van der Waals surface area contributed by atoms with E-state index in [1.54, 1.807) is 6.07 Å². The molecule has 2 aromatic carbocycles. The number of piperidine rings is 3. The van der Waals surface area contributed by atoms with Crippen molar-refractivity contribution in [1.82, 2.24) is 9.80 Å². The molecular weight excluding hydrogens is 320 g/mol. The monoisotopic (exact) mass is 348 g/mol. The summed E-state index contributed by atoms with van der Waals surface area (Å²) in [6, 6.07) is 18.3. The molecule has 2 bridgehead atoms. The Kier molecular flexibility index (Phi) is 4.02. The van der Waals surface area contributed by atoms with Gasteiger partial charge in [0.25, 0.3) is 0 Å². The summed E-state index contributed by atoms with van der Waals surface area (Å²) >= 11 is 0. The van der Waals surface area contributed by atoms with Gasteiger partial charge < -0.3 is 5.11 Å². The molecule has 3 heteroatoms. The SMILES string of the molecule is Cc1ccc(CN2C[C@H](c3cccc(O)c3)[C@H]3[C@@H]2C2CCN3CC2)cc1. The third-order valence-corrected chi connectivity index (χ3v) is 6.90. The van der Waals surface area contributed by atoms with Crippen molar-refractivity contribution in [3.05, 3.63) is 65.2 Å². The molecule has 0 amide bonds. The number of phenols is 1. The molecule has 0 radical (unpaired) electrons. The number of rotatable bonds is 3. The van der Waals surface area contributed by atoms with Gasteiger partial charge in [-0.3, -0.25) is 9.80 Å². The number of hydrogen-bond donors (Lipinski definition) is 1. The Morgan fingerprint density at radius 1 is 1.00 bits per heavy atom. The molecule has 1 N–H and O–H groups in total. The molecule has 136 valence electrons. The highest BCUT2D eigenvalue weighted by molar-refractivity contribution is 5.34. The second kappa shape index (κ2) is 6.40. The fourth-order valence-electron chi connectivity index (χ4n) is 5.70. The molecule has 3 atom stereocenters. The predicted molar refractivity (Wildman–Crippen MR) is 104 cm³/mol. The van der Waals surface area contributed by atoms with Crippen LogP contribution in [0.4, 0.5) is 0 Å². The van der Waals surface area contributed by atoms with E-state index in [9.17, 15) is 5.11 Å². The van der Waals surface area contributed by atoms with Crippen molar-refractivity contribution in [3.8, 4) is 5.75 Å². The van der Waals surface area contributed by atoms with Crippen LogP contribution in [0.25, 0.3) is 0 Å². The van der Waals surface area contributed by atoms with Crippen LogP contribution in [0.3, 0.4) is 0 Å². The summed E-state index contributed by atoms with van der Waals surface area (Å²) in [5, 5.41) is 10.0. The van der Waals surface area contributed by atoms with Crippen molar-refractivity contribution >= 4 is 0 Å². The first-order chi connectivity index (χ1) is 12.7. The molecule has 4 saturated heterocycles. The van der Waals surface area contributed by atoms with Crippen LogP contribution in [-0.4, -0.2) is 46.6 Å². The molecule has 6 rings (SSSR count). The van der Waals surface area contributed by atoms with Gasteiger partial charge in [-0.25, -0.2) is 0 Å². The maximum Gasteiger partial charge on any atom is 0.115 e. The number of likely N-dealkylation sites (tertiary alicyclic amines) is 1. The lowest BCUT2D eigenvalue weighted by Crippen LogP contribution is -2.59. The van der Waals surface area contributed by atoms with E-state index in [0.717, 1.165) is 19.0 Å². The smallest absolute Gasteiger partial charge is 0.115 e. The lowest BCUT2D eigenvalue weighted by Gasteiger charge is -2.51. The summed E-state index contributed by atoms with van der Waals surface area (Å²) in [7, 11) is 0. The van der Waals surface area contributed by atoms with Crippen LogP contribution in [-0.2, 0) is 6.54 Å². The predicted octanol–water partition coefficient (Wildman–Crippen LogP) is 3.76. The van der Waals surface area contributed by atoms with Crippen LogP contribution in [0.5, 0.6) is 5.75 Å². The Hall–Kier alpha value is -1.84. The first-order valence-corrected chi connectivity index (χ1v) is 10.0. The van der Waals surface area contributed by atoms with Crippen LogP contribution in [0.2, 0.25) is 0 Å². The van der Waals surface area contributed by atoms with E-state index < -0.39 is 0 Å². The van der Waals surface area contributed by atoms with Crippen molar-refractivity contribution in [2.45, 2.75) is 44.3 Å². The zero-order chi connectivity index (χ0) is 17.7. The highest BCUT2D eigenvalue weighted by atomic mass is 16.3. The van der Waals surface area contributed by atoms with Gasteiger partial charge in [0.05, 0.1) is 0 Å². The topological polar surface area (TPSA) is 26.7 Å². The fraction of sp³-hybridized carbons (Fsp3) is 0.478. The van der Waals surface area contributed by atoms with Crippen LogP contribution in [0.1, 0.15) is 35.4 Å². The van der Waals surface area contributed by atoms with E-state index in [1.807, 2.05) is 12.1 Å². The van der Waals surface area contributed by atoms with Gasteiger partial charge in [-0.2, -0.15) is 0 Å². The number of fused-ring (bicyclic) bond motifs is 2. The third-order valence-electron chi connectivity index (χ3n) is 6.90. The third kappa shape index (κ3) is 2.74. The minimum absolute atomic E-state index is 0.395. The Morgan fingerprint density at radius 3 is 2.50 bits per heavy atom. The van der Waals surface area contributed by atoms with Crippen molar-refractivity contribution in [3.63, 3.8) is 0 Å². The van der Waals surface area contributed by atoms with Crippen molar-refractivity contribution < 1.29 is 5.11 Å². The second-order valence-corrected chi connectivity index (χ2v) is 8.47. The molecule has 4 aliphatic heterocycles. The van der Waals surface area contributed by atoms with Crippen LogP contribution >= 0.6 is 0 Å². The molecule has 0 saturated carbocycles. The maximum absolute atomic E-state index is 10.0. The quantitative estimate of drug-likeness (QED) is 0.915. The highest BCUT2D eigenvalue weighted by Gasteiger charge is 2.53. The standard InChI is InChI=1S/C23H28N2O/c1-16-5-7-17(8-6-16)14-25-15-21(19-3-2-4-20(26)13-19)23-22(25)18-9-11-24(23)12-10-18/h2-8,13,18,21-23,26H,9-12,14-15H2,1H3/t21-,22+,23+/m1/s1. The summed E-state index contributed by atoms with van der Waals surface area (Å²) < 4.78 is 0. The van der Waals surface area contributed by atoms with Gasteiger partial charge in [0.15, 0.2) is 0 Å². The number of aromatic hydroxyl groups is 1. The lowest BCUT2D eigenvalue weighted by molar-refractivity contribution is -0.00869. The van der Waals surface area contributed by atoms with E-state index >= 15 is 0 Å². The molecule has 0 aliphatic carbocycles. The molecule has 2 aromatic rings. The molecule has 26 heavy (non-hydrogen) atoms. The van der Waals surface area contributed by atoms with Crippen molar-refractivity contribution in [1.29, 1.82) is 0 Å². The lowest BCUT2D eigenvalue weighted by atomic mass is 9.75. The Bertz CT molecular complexity index is 779. The summed E-state index contributed by atoms with van der Waals surface area (Å²) in [6.45, 7) is 6.79. The highest BCUT2D eigenvalue weighted by Crippen LogP contribution is 2.47. The fourth-order valence-corrected chi connectivity index (χ4v) is 5.70. The van der Waals surface area contributed by atoms with Gasteiger partial charge in [0, 0.05) is 31.1 Å². The van der Waals surface area contributed by atoms with E-state index in [2.05, 4.69) is 47.1 Å². The van der Waals surface area contributed by atoms with Crippen LogP contribution < -0.4 is 0 Å². The Balaban J connectivity index is 1.47. The molecule has 0 aromatic heterocycles. The average Bonchev–Trinajstić information content (AvgIpc) is 3.06. The number of nitrogens with zero attached hydrogens (tertiary/aromatic N) is 2. The summed E-state index contributed by atoms with van der Waals surface area (Å²) in [4.78, 5) is 5.47. The Morgan fingerprint density at radius 2 is 1.77 bits per heavy atom. The summed E-state index contributed by atoms with van der Waals surface area (Å²) in [5.41, 5.74) is 4.05. The maximum atomic E-state index is 10.0. The molecule has 4 fully saturated rings. The van der Waals surface area contributed by atoms with Gasteiger partial charge in [0.2, 0.25) is 0 Å². The number of aryl methyl sites for hydroxylation is 1. The van der Waals surface area contributed by atoms with Crippen molar-refractivity contribution in [2.75, 3.05) is 19.6 Å². The number of phenolic OH excluding ortho intramolecular Hbond substituents is 1. The minimum atomic E-state index is 0.395. The summed E-state index contributed by atoms with van der Waals surface area (Å²) in [5.74, 6) is 1.73. The molecule has 0 spiro atoms. The number of hydrogen-bond acceptors (Lipinski definition) is 3. The normalized spacial score (nSPS) is 33.3. The van der Waals surface area contributed by atoms with Gasteiger partial charge in [0.1, 0.15) is 5.75 Å².